The van der Waals surface area contributed by atoms with Gasteiger partial charge in [0, 0.05) is 13.8 Å². The average molecular weight is 210 g/mol. The lowest BCUT2D eigenvalue weighted by Gasteiger charge is -1.87. The second kappa shape index (κ2) is 17.8. The molecule has 0 atom stereocenters. The summed E-state index contributed by atoms with van der Waals surface area (Å²) in [5.74, 6) is -1.67. The first-order valence-electron chi connectivity index (χ1n) is 4.03. The summed E-state index contributed by atoms with van der Waals surface area (Å²) in [6, 6.07) is 0. The highest BCUT2D eigenvalue weighted by Crippen LogP contribution is 1.83. The summed E-state index contributed by atoms with van der Waals surface area (Å²) >= 11 is 0. The third-order valence-electron chi connectivity index (χ3n) is 0.589. The summed E-state index contributed by atoms with van der Waals surface area (Å²) in [6.07, 6.45) is 2.01. The lowest BCUT2D eigenvalue weighted by Crippen LogP contribution is -1.84. The molecule has 0 saturated heterocycles. The van der Waals surface area contributed by atoms with E-state index in [1.54, 1.807) is 0 Å². The smallest absolute Gasteiger partial charge is 0.300 e. The van der Waals surface area contributed by atoms with Crippen LogP contribution in [0.15, 0.2) is 0 Å². The van der Waals surface area contributed by atoms with Crippen molar-refractivity contribution in [2.45, 2.75) is 33.6 Å². The maximum atomic E-state index is 9.00. The zero-order valence-electron chi connectivity index (χ0n) is 8.69. The summed E-state index contributed by atoms with van der Waals surface area (Å²) in [5, 5.41) is 22.5. The van der Waals surface area contributed by atoms with Crippen LogP contribution in [0.3, 0.4) is 0 Å². The highest BCUT2D eigenvalue weighted by molar-refractivity contribution is 5.63. The molecule has 0 spiro atoms. The zero-order valence-corrected chi connectivity index (χ0v) is 8.69. The number of carbonyl (C=O) groups is 2. The van der Waals surface area contributed by atoms with Crippen molar-refractivity contribution in [1.29, 1.82) is 0 Å². The van der Waals surface area contributed by atoms with Crippen molar-refractivity contribution < 1.29 is 29.9 Å². The topological polar surface area (TPSA) is 104 Å². The second-order valence-electron chi connectivity index (χ2n) is 2.22. The van der Waals surface area contributed by atoms with Gasteiger partial charge in [0.15, 0.2) is 0 Å². The molecular weight excluding hydrogens is 192 g/mol. The Bertz CT molecular complexity index is 110. The van der Waals surface area contributed by atoms with Crippen LogP contribution in [-0.2, 0) is 14.5 Å². The van der Waals surface area contributed by atoms with Gasteiger partial charge in [-0.1, -0.05) is 13.3 Å². The molecule has 0 heterocycles. The van der Waals surface area contributed by atoms with Gasteiger partial charge in [-0.2, -0.15) is 0 Å². The molecule has 6 nitrogen and oxygen atoms in total. The van der Waals surface area contributed by atoms with Crippen LogP contribution in [0.4, 0.5) is 0 Å². The molecule has 0 aromatic carbocycles. The lowest BCUT2D eigenvalue weighted by atomic mass is 10.4. The highest BCUT2D eigenvalue weighted by Gasteiger charge is 1.76. The van der Waals surface area contributed by atoms with E-state index >= 15 is 0 Å². The van der Waals surface area contributed by atoms with Crippen LogP contribution in [0.5, 0.6) is 0 Å². The number of aliphatic carboxylic acids is 2. The van der Waals surface area contributed by atoms with Crippen molar-refractivity contribution in [3.63, 3.8) is 0 Å². The Balaban J connectivity index is -0.000000135. The predicted molar refractivity (Wildman–Crippen MR) is 50.1 cm³/mol. The first kappa shape index (κ1) is 18.6. The quantitative estimate of drug-likeness (QED) is 0.370. The van der Waals surface area contributed by atoms with Gasteiger partial charge in [0.05, 0.1) is 6.61 Å². The van der Waals surface area contributed by atoms with Crippen LogP contribution in [0.2, 0.25) is 0 Å². The van der Waals surface area contributed by atoms with E-state index in [9.17, 15) is 0 Å². The Labute approximate surface area is 83.1 Å². The fourth-order valence-corrected chi connectivity index (χ4v) is 0.209. The summed E-state index contributed by atoms with van der Waals surface area (Å²) in [6.45, 7) is 4.68. The SMILES string of the molecule is CC(=O)O.CC(=O)O.CCCCOO. The van der Waals surface area contributed by atoms with Crippen LogP contribution >= 0.6 is 0 Å². The number of hydrogen-bond acceptors (Lipinski definition) is 4. The van der Waals surface area contributed by atoms with Gasteiger partial charge >= 0.3 is 0 Å². The molecule has 86 valence electrons. The van der Waals surface area contributed by atoms with Gasteiger partial charge in [0.2, 0.25) is 0 Å². The second-order valence-corrected chi connectivity index (χ2v) is 2.22. The van der Waals surface area contributed by atoms with Crippen LogP contribution in [0.1, 0.15) is 33.6 Å². The summed E-state index contributed by atoms with van der Waals surface area (Å²) in [4.78, 5) is 21.8. The van der Waals surface area contributed by atoms with Gasteiger partial charge < -0.3 is 10.2 Å². The van der Waals surface area contributed by atoms with E-state index in [0.717, 1.165) is 26.7 Å². The van der Waals surface area contributed by atoms with E-state index in [1.165, 1.54) is 0 Å². The normalized spacial score (nSPS) is 7.43. The molecule has 0 aromatic heterocycles. The van der Waals surface area contributed by atoms with Crippen molar-refractivity contribution in [1.82, 2.24) is 0 Å². The van der Waals surface area contributed by atoms with E-state index in [1.807, 2.05) is 6.92 Å². The van der Waals surface area contributed by atoms with Crippen molar-refractivity contribution in [2.75, 3.05) is 6.61 Å². The molecule has 0 aliphatic rings. The van der Waals surface area contributed by atoms with Gasteiger partial charge in [0.25, 0.3) is 11.9 Å². The third kappa shape index (κ3) is 305. The maximum absolute atomic E-state index is 9.00. The molecular formula is C8H18O6. The lowest BCUT2D eigenvalue weighted by molar-refractivity contribution is -0.242. The molecule has 0 unspecified atom stereocenters. The number of carboxylic acids is 2. The summed E-state index contributed by atoms with van der Waals surface area (Å²) < 4.78 is 0. The number of hydrogen-bond donors (Lipinski definition) is 3. The molecule has 0 amide bonds. The minimum Gasteiger partial charge on any atom is -0.481 e. The number of carboxylic acid groups (broad SMARTS) is 2. The Hall–Kier alpha value is -1.14. The average Bonchev–Trinajstić information content (AvgIpc) is 1.98. The maximum Gasteiger partial charge on any atom is 0.300 e. The molecule has 14 heavy (non-hydrogen) atoms. The molecule has 3 N–H and O–H groups in total. The zero-order chi connectivity index (χ0) is 12.0. The van der Waals surface area contributed by atoms with Gasteiger partial charge in [-0.3, -0.25) is 14.8 Å². The van der Waals surface area contributed by atoms with E-state index in [-0.39, 0.29) is 0 Å². The third-order valence-corrected chi connectivity index (χ3v) is 0.589. The summed E-state index contributed by atoms with van der Waals surface area (Å²) in [7, 11) is 0. The number of rotatable bonds is 3. The van der Waals surface area contributed by atoms with Gasteiger partial charge in [-0.05, 0) is 6.42 Å². The van der Waals surface area contributed by atoms with Crippen molar-refractivity contribution >= 4 is 11.9 Å². The van der Waals surface area contributed by atoms with Gasteiger partial charge in [-0.15, -0.1) is 0 Å². The van der Waals surface area contributed by atoms with E-state index in [2.05, 4.69) is 4.89 Å². The molecule has 0 radical (unpaired) electrons. The molecule has 0 fully saturated rings. The summed E-state index contributed by atoms with van der Waals surface area (Å²) in [5.41, 5.74) is 0. The fraction of sp³-hybridized carbons (Fsp3) is 0.750. The molecule has 0 aliphatic carbocycles. The predicted octanol–water partition coefficient (Wildman–Crippen LogP) is 1.46. The molecule has 0 bridgehead atoms. The first-order chi connectivity index (χ1) is 6.38. The molecule has 0 aromatic rings. The highest BCUT2D eigenvalue weighted by atomic mass is 17.1. The Morgan fingerprint density at radius 2 is 1.43 bits per heavy atom. The molecule has 0 rings (SSSR count). The van der Waals surface area contributed by atoms with Crippen LogP contribution in [0.25, 0.3) is 0 Å². The van der Waals surface area contributed by atoms with Crippen molar-refractivity contribution in [2.24, 2.45) is 0 Å². The van der Waals surface area contributed by atoms with Crippen molar-refractivity contribution in [3.05, 3.63) is 0 Å². The minimum absolute atomic E-state index is 0.469. The van der Waals surface area contributed by atoms with E-state index < -0.39 is 11.9 Å². The standard InChI is InChI=1S/C4H10O2.2C2H4O2/c1-2-3-4-6-5;2*1-2(3)4/h5H,2-4H2,1H3;2*1H3,(H,3,4). The van der Waals surface area contributed by atoms with Crippen LogP contribution in [-0.4, -0.2) is 34.0 Å². The molecule has 0 saturated carbocycles. The van der Waals surface area contributed by atoms with E-state index in [4.69, 9.17) is 25.1 Å². The van der Waals surface area contributed by atoms with Crippen LogP contribution < -0.4 is 0 Å². The van der Waals surface area contributed by atoms with Gasteiger partial charge in [-0.25, -0.2) is 4.89 Å². The van der Waals surface area contributed by atoms with Crippen molar-refractivity contribution in [3.8, 4) is 0 Å². The first-order valence-corrected chi connectivity index (χ1v) is 4.03. The molecule has 6 heteroatoms. The van der Waals surface area contributed by atoms with E-state index in [0.29, 0.717) is 6.61 Å². The number of unbranched alkanes of at least 4 members (excludes halogenated alkanes) is 1. The monoisotopic (exact) mass is 210 g/mol. The largest absolute Gasteiger partial charge is 0.481 e. The Morgan fingerprint density at radius 3 is 1.50 bits per heavy atom. The Morgan fingerprint density at radius 1 is 1.14 bits per heavy atom. The van der Waals surface area contributed by atoms with Crippen LogP contribution in [0, 0.1) is 0 Å². The minimum atomic E-state index is -0.833. The molecule has 0 aliphatic heterocycles. The fourth-order valence-electron chi connectivity index (χ4n) is 0.209. The Kier molecular flexibility index (Phi) is 23.7. The van der Waals surface area contributed by atoms with Gasteiger partial charge in [0.1, 0.15) is 0 Å².